The van der Waals surface area contributed by atoms with Gasteiger partial charge in [-0.05, 0) is 24.6 Å². The molecular weight excluding hydrogens is 161 g/mol. The van der Waals surface area contributed by atoms with Gasteiger partial charge in [0.1, 0.15) is 5.82 Å². The van der Waals surface area contributed by atoms with Crippen LogP contribution in [0.15, 0.2) is 12.1 Å². The normalized spacial score (nSPS) is 9.83. The standard InChI is InChI=1S/C8H8FNO2/c1-4-2-7(10)6(9)3-5(4)8(11)12/h2-3H,10H2,1H3,(H,11,12). The summed E-state index contributed by atoms with van der Waals surface area (Å²) in [7, 11) is 0. The lowest BCUT2D eigenvalue weighted by atomic mass is 10.1. The van der Waals surface area contributed by atoms with Crippen molar-refractivity contribution in [3.8, 4) is 0 Å². The molecular formula is C8H8FNO2. The van der Waals surface area contributed by atoms with Crippen molar-refractivity contribution in [2.45, 2.75) is 6.92 Å². The Balaban J connectivity index is 3.33. The fraction of sp³-hybridized carbons (Fsp3) is 0.125. The van der Waals surface area contributed by atoms with Gasteiger partial charge in [-0.3, -0.25) is 0 Å². The van der Waals surface area contributed by atoms with Crippen molar-refractivity contribution in [1.82, 2.24) is 0 Å². The number of hydrogen-bond acceptors (Lipinski definition) is 2. The third kappa shape index (κ3) is 1.37. The lowest BCUT2D eigenvalue weighted by molar-refractivity contribution is 0.0695. The maximum absolute atomic E-state index is 12.7. The van der Waals surface area contributed by atoms with Gasteiger partial charge in [0.15, 0.2) is 0 Å². The van der Waals surface area contributed by atoms with E-state index in [1.54, 1.807) is 6.92 Å². The highest BCUT2D eigenvalue weighted by molar-refractivity contribution is 5.89. The number of carbonyl (C=O) groups is 1. The molecule has 3 N–H and O–H groups in total. The van der Waals surface area contributed by atoms with Gasteiger partial charge in [0.05, 0.1) is 11.3 Å². The van der Waals surface area contributed by atoms with E-state index in [0.717, 1.165) is 6.07 Å². The smallest absolute Gasteiger partial charge is 0.336 e. The Kier molecular flexibility index (Phi) is 1.99. The van der Waals surface area contributed by atoms with Gasteiger partial charge >= 0.3 is 5.97 Å². The molecule has 0 saturated heterocycles. The highest BCUT2D eigenvalue weighted by Gasteiger charge is 2.10. The molecule has 4 heteroatoms. The molecule has 1 aromatic rings. The van der Waals surface area contributed by atoms with E-state index in [1.165, 1.54) is 6.07 Å². The number of nitrogens with two attached hydrogens (primary N) is 1. The number of carboxylic acids is 1. The molecule has 0 radical (unpaired) electrons. The minimum absolute atomic E-state index is 0.0301. The summed E-state index contributed by atoms with van der Waals surface area (Å²) in [6, 6.07) is 2.23. The summed E-state index contributed by atoms with van der Waals surface area (Å²) in [6.07, 6.45) is 0. The number of nitrogen functional groups attached to an aromatic ring is 1. The van der Waals surface area contributed by atoms with Gasteiger partial charge in [-0.15, -0.1) is 0 Å². The van der Waals surface area contributed by atoms with Crippen molar-refractivity contribution in [1.29, 1.82) is 0 Å². The van der Waals surface area contributed by atoms with E-state index in [-0.39, 0.29) is 11.3 Å². The van der Waals surface area contributed by atoms with Gasteiger partial charge in [0, 0.05) is 0 Å². The van der Waals surface area contributed by atoms with E-state index in [4.69, 9.17) is 10.8 Å². The second-order valence-corrected chi connectivity index (χ2v) is 2.49. The van der Waals surface area contributed by atoms with Gasteiger partial charge in [0.25, 0.3) is 0 Å². The Morgan fingerprint density at radius 3 is 2.67 bits per heavy atom. The van der Waals surface area contributed by atoms with Crippen LogP contribution in [0.5, 0.6) is 0 Å². The number of carboxylic acid groups (broad SMARTS) is 1. The Labute approximate surface area is 68.6 Å². The first-order chi connectivity index (χ1) is 5.52. The van der Waals surface area contributed by atoms with Gasteiger partial charge in [0.2, 0.25) is 0 Å². The molecule has 0 aliphatic rings. The highest BCUT2D eigenvalue weighted by Crippen LogP contribution is 2.16. The maximum atomic E-state index is 12.7. The van der Waals surface area contributed by atoms with Crippen LogP contribution < -0.4 is 5.73 Å². The molecule has 0 aromatic heterocycles. The first-order valence-corrected chi connectivity index (χ1v) is 3.31. The fourth-order valence-electron chi connectivity index (χ4n) is 0.934. The van der Waals surface area contributed by atoms with Crippen LogP contribution in [0.1, 0.15) is 15.9 Å². The fourth-order valence-corrected chi connectivity index (χ4v) is 0.934. The van der Waals surface area contributed by atoms with Crippen LogP contribution in [-0.2, 0) is 0 Å². The van der Waals surface area contributed by atoms with Crippen LogP contribution in [0, 0.1) is 12.7 Å². The molecule has 0 aliphatic carbocycles. The summed E-state index contributed by atoms with van der Waals surface area (Å²) in [5.74, 6) is -1.84. The summed E-state index contributed by atoms with van der Waals surface area (Å²) < 4.78 is 12.7. The molecule has 1 rings (SSSR count). The third-order valence-electron chi connectivity index (χ3n) is 1.57. The molecule has 0 atom stereocenters. The van der Waals surface area contributed by atoms with Crippen LogP contribution in [0.25, 0.3) is 0 Å². The number of hydrogen-bond donors (Lipinski definition) is 2. The van der Waals surface area contributed by atoms with E-state index in [1.807, 2.05) is 0 Å². The number of benzene rings is 1. The van der Waals surface area contributed by atoms with E-state index in [2.05, 4.69) is 0 Å². The predicted octanol–water partition coefficient (Wildman–Crippen LogP) is 1.41. The Morgan fingerprint density at radius 1 is 1.58 bits per heavy atom. The summed E-state index contributed by atoms with van der Waals surface area (Å²) >= 11 is 0. The molecule has 0 aliphatic heterocycles. The zero-order valence-electron chi connectivity index (χ0n) is 6.47. The largest absolute Gasteiger partial charge is 0.478 e. The second kappa shape index (κ2) is 2.81. The Hall–Kier alpha value is -1.58. The SMILES string of the molecule is Cc1cc(N)c(F)cc1C(=O)O. The van der Waals surface area contributed by atoms with Crippen molar-refractivity contribution in [3.63, 3.8) is 0 Å². The van der Waals surface area contributed by atoms with Gasteiger partial charge < -0.3 is 10.8 Å². The topological polar surface area (TPSA) is 63.3 Å². The average molecular weight is 169 g/mol. The molecule has 0 amide bonds. The van der Waals surface area contributed by atoms with Crippen molar-refractivity contribution < 1.29 is 14.3 Å². The van der Waals surface area contributed by atoms with E-state index in [0.29, 0.717) is 5.56 Å². The summed E-state index contributed by atoms with van der Waals surface area (Å²) in [4.78, 5) is 10.5. The molecule has 64 valence electrons. The number of halogens is 1. The van der Waals surface area contributed by atoms with Crippen LogP contribution in [0.3, 0.4) is 0 Å². The monoisotopic (exact) mass is 169 g/mol. The molecule has 1 aromatic carbocycles. The van der Waals surface area contributed by atoms with E-state index in [9.17, 15) is 9.18 Å². The number of anilines is 1. The van der Waals surface area contributed by atoms with Crippen LogP contribution in [0.2, 0.25) is 0 Å². The quantitative estimate of drug-likeness (QED) is 0.625. The lowest BCUT2D eigenvalue weighted by Gasteiger charge is -2.02. The van der Waals surface area contributed by atoms with E-state index >= 15 is 0 Å². The Bertz CT molecular complexity index is 336. The number of aromatic carboxylic acids is 1. The maximum Gasteiger partial charge on any atom is 0.336 e. The van der Waals surface area contributed by atoms with Gasteiger partial charge in [-0.25, -0.2) is 9.18 Å². The molecule has 12 heavy (non-hydrogen) atoms. The number of rotatable bonds is 1. The van der Waals surface area contributed by atoms with Crippen molar-refractivity contribution >= 4 is 11.7 Å². The lowest BCUT2D eigenvalue weighted by Crippen LogP contribution is -2.02. The molecule has 0 unspecified atom stereocenters. The summed E-state index contributed by atoms with van der Waals surface area (Å²) in [5.41, 5.74) is 5.60. The molecule has 0 fully saturated rings. The van der Waals surface area contributed by atoms with Gasteiger partial charge in [-0.2, -0.15) is 0 Å². The molecule has 0 heterocycles. The number of aryl methyl sites for hydroxylation is 1. The third-order valence-corrected chi connectivity index (χ3v) is 1.57. The second-order valence-electron chi connectivity index (χ2n) is 2.49. The first-order valence-electron chi connectivity index (χ1n) is 3.31. The minimum Gasteiger partial charge on any atom is -0.478 e. The van der Waals surface area contributed by atoms with Crippen molar-refractivity contribution in [3.05, 3.63) is 29.1 Å². The van der Waals surface area contributed by atoms with Crippen molar-refractivity contribution in [2.75, 3.05) is 5.73 Å². The molecule has 0 spiro atoms. The van der Waals surface area contributed by atoms with Crippen LogP contribution >= 0.6 is 0 Å². The van der Waals surface area contributed by atoms with Crippen LogP contribution in [0.4, 0.5) is 10.1 Å². The van der Waals surface area contributed by atoms with Crippen molar-refractivity contribution in [2.24, 2.45) is 0 Å². The Morgan fingerprint density at radius 2 is 2.17 bits per heavy atom. The zero-order chi connectivity index (χ0) is 9.30. The molecule has 0 saturated carbocycles. The average Bonchev–Trinajstić information content (AvgIpc) is 1.96. The zero-order valence-corrected chi connectivity index (χ0v) is 6.47. The van der Waals surface area contributed by atoms with Crippen LogP contribution in [-0.4, -0.2) is 11.1 Å². The highest BCUT2D eigenvalue weighted by atomic mass is 19.1. The first kappa shape index (κ1) is 8.52. The molecule has 3 nitrogen and oxygen atoms in total. The van der Waals surface area contributed by atoms with Gasteiger partial charge in [-0.1, -0.05) is 0 Å². The summed E-state index contributed by atoms with van der Waals surface area (Å²) in [6.45, 7) is 1.57. The predicted molar refractivity (Wildman–Crippen MR) is 42.5 cm³/mol. The van der Waals surface area contributed by atoms with E-state index < -0.39 is 11.8 Å². The molecule has 0 bridgehead atoms. The minimum atomic E-state index is -1.15. The summed E-state index contributed by atoms with van der Waals surface area (Å²) in [5, 5.41) is 8.57.